The molecule has 1 amide bonds. The van der Waals surface area contributed by atoms with Gasteiger partial charge in [-0.05, 0) is 38.5 Å². The maximum absolute atomic E-state index is 12.9. The van der Waals surface area contributed by atoms with Gasteiger partial charge in [0.1, 0.15) is 5.82 Å². The van der Waals surface area contributed by atoms with Gasteiger partial charge in [-0.1, -0.05) is 6.42 Å². The minimum atomic E-state index is 0.0137. The van der Waals surface area contributed by atoms with E-state index in [-0.39, 0.29) is 5.91 Å². The van der Waals surface area contributed by atoms with Crippen LogP contribution in [0.25, 0.3) is 0 Å². The molecule has 1 aliphatic carbocycles. The van der Waals surface area contributed by atoms with Crippen LogP contribution in [0.2, 0.25) is 0 Å². The maximum Gasteiger partial charge on any atom is 0.257 e. The highest BCUT2D eigenvalue weighted by molar-refractivity contribution is 5.93. The van der Waals surface area contributed by atoms with Gasteiger partial charge in [0.05, 0.1) is 5.56 Å². The van der Waals surface area contributed by atoms with Gasteiger partial charge in [-0.2, -0.15) is 0 Å². The summed E-state index contributed by atoms with van der Waals surface area (Å²) in [5, 5.41) is 3.05. The van der Waals surface area contributed by atoms with Crippen LogP contribution in [0.3, 0.4) is 0 Å². The van der Waals surface area contributed by atoms with E-state index in [0.717, 1.165) is 50.8 Å². The lowest BCUT2D eigenvalue weighted by Crippen LogP contribution is -2.40. The zero-order valence-corrected chi connectivity index (χ0v) is 16.0. The number of hydrogen-bond donors (Lipinski definition) is 1. The zero-order valence-electron chi connectivity index (χ0n) is 16.0. The molecule has 1 aliphatic heterocycles. The largest absolute Gasteiger partial charge is 0.355 e. The van der Waals surface area contributed by atoms with Crippen molar-refractivity contribution < 1.29 is 4.79 Å². The zero-order chi connectivity index (χ0) is 18.6. The number of aromatic nitrogens is 4. The first-order valence-electron chi connectivity index (χ1n) is 10.1. The molecular formula is C20H28N6O. The average molecular weight is 368 g/mol. The van der Waals surface area contributed by atoms with Gasteiger partial charge in [0.2, 0.25) is 5.95 Å². The molecular weight excluding hydrogens is 340 g/mol. The molecule has 27 heavy (non-hydrogen) atoms. The normalized spacial score (nSPS) is 20.3. The van der Waals surface area contributed by atoms with Crippen LogP contribution >= 0.6 is 0 Å². The molecule has 0 radical (unpaired) electrons. The van der Waals surface area contributed by atoms with Crippen molar-refractivity contribution in [3.8, 4) is 0 Å². The minimum Gasteiger partial charge on any atom is -0.355 e. The molecule has 2 aromatic heterocycles. The summed E-state index contributed by atoms with van der Waals surface area (Å²) in [6, 6.07) is 0. The second kappa shape index (κ2) is 8.06. The number of carbonyl (C=O) groups is 1. The number of likely N-dealkylation sites (tertiary alicyclic amines) is 1. The quantitative estimate of drug-likeness (QED) is 0.848. The van der Waals surface area contributed by atoms with E-state index in [1.165, 1.54) is 19.3 Å². The highest BCUT2D eigenvalue weighted by Gasteiger charge is 2.29. The third-order valence-electron chi connectivity index (χ3n) is 5.73. The van der Waals surface area contributed by atoms with Gasteiger partial charge in [0.25, 0.3) is 5.91 Å². The Labute approximate surface area is 160 Å². The molecule has 2 aliphatic rings. The highest BCUT2D eigenvalue weighted by Crippen LogP contribution is 2.31. The third-order valence-corrected chi connectivity index (χ3v) is 5.73. The molecule has 1 saturated heterocycles. The van der Waals surface area contributed by atoms with Crippen LogP contribution in [0.15, 0.2) is 24.8 Å². The lowest BCUT2D eigenvalue weighted by Gasteiger charge is -2.33. The molecule has 2 fully saturated rings. The summed E-state index contributed by atoms with van der Waals surface area (Å²) in [5.74, 6) is 2.81. The summed E-state index contributed by atoms with van der Waals surface area (Å²) in [6.45, 7) is 5.32. The van der Waals surface area contributed by atoms with Crippen molar-refractivity contribution in [1.29, 1.82) is 0 Å². The Morgan fingerprint density at radius 1 is 1.19 bits per heavy atom. The van der Waals surface area contributed by atoms with Gasteiger partial charge in [0.15, 0.2) is 0 Å². The van der Waals surface area contributed by atoms with E-state index in [1.54, 1.807) is 12.4 Å². The minimum absolute atomic E-state index is 0.0137. The van der Waals surface area contributed by atoms with E-state index in [1.807, 2.05) is 18.0 Å². The molecule has 7 nitrogen and oxygen atoms in total. The molecule has 3 heterocycles. The van der Waals surface area contributed by atoms with Crippen molar-refractivity contribution in [3.63, 3.8) is 0 Å². The van der Waals surface area contributed by atoms with E-state index in [0.29, 0.717) is 17.4 Å². The van der Waals surface area contributed by atoms with Crippen molar-refractivity contribution in [2.75, 3.05) is 25.0 Å². The smallest absolute Gasteiger partial charge is 0.257 e. The standard InChI is InChI=1S/C20H28N6O/c1-2-21-20-23-11-17(12-24-20)19(27)26-9-4-7-16(14-26)18-22-8-10-25(18)13-15-5-3-6-15/h8,10-12,15-16H,2-7,9,13-14H2,1H3,(H,21,23,24). The Kier molecular flexibility index (Phi) is 5.36. The fourth-order valence-corrected chi connectivity index (χ4v) is 4.03. The number of piperidine rings is 1. The van der Waals surface area contributed by atoms with Gasteiger partial charge < -0.3 is 14.8 Å². The van der Waals surface area contributed by atoms with Crippen LogP contribution in [0.1, 0.15) is 61.1 Å². The summed E-state index contributed by atoms with van der Waals surface area (Å²) in [5.41, 5.74) is 0.551. The number of anilines is 1. The maximum atomic E-state index is 12.9. The molecule has 0 bridgehead atoms. The lowest BCUT2D eigenvalue weighted by molar-refractivity contribution is 0.0701. The van der Waals surface area contributed by atoms with Gasteiger partial charge in [-0.3, -0.25) is 4.79 Å². The highest BCUT2D eigenvalue weighted by atomic mass is 16.2. The summed E-state index contributed by atoms with van der Waals surface area (Å²) in [7, 11) is 0. The van der Waals surface area contributed by atoms with Crippen molar-refractivity contribution >= 4 is 11.9 Å². The van der Waals surface area contributed by atoms with Crippen LogP contribution in [0, 0.1) is 5.92 Å². The number of rotatable bonds is 6. The number of nitrogens with zero attached hydrogens (tertiary/aromatic N) is 5. The van der Waals surface area contributed by atoms with Crippen molar-refractivity contribution in [3.05, 3.63) is 36.2 Å². The second-order valence-electron chi connectivity index (χ2n) is 7.65. The second-order valence-corrected chi connectivity index (χ2v) is 7.65. The van der Waals surface area contributed by atoms with Crippen LogP contribution in [0.5, 0.6) is 0 Å². The molecule has 1 N–H and O–H groups in total. The van der Waals surface area contributed by atoms with E-state index in [4.69, 9.17) is 0 Å². The SMILES string of the molecule is CCNc1ncc(C(=O)N2CCCC(c3nccn3CC3CCC3)C2)cn1. The molecule has 1 saturated carbocycles. The molecule has 4 rings (SSSR count). The number of hydrogen-bond acceptors (Lipinski definition) is 5. The van der Waals surface area contributed by atoms with Crippen LogP contribution < -0.4 is 5.32 Å². The summed E-state index contributed by atoms with van der Waals surface area (Å²) < 4.78 is 2.32. The number of amides is 1. The van der Waals surface area contributed by atoms with Crippen molar-refractivity contribution in [2.45, 2.75) is 51.5 Å². The van der Waals surface area contributed by atoms with Gasteiger partial charge in [-0.25, -0.2) is 15.0 Å². The Morgan fingerprint density at radius 2 is 2.00 bits per heavy atom. The Hall–Kier alpha value is -2.44. The van der Waals surface area contributed by atoms with Gasteiger partial charge in [-0.15, -0.1) is 0 Å². The fourth-order valence-electron chi connectivity index (χ4n) is 4.03. The Morgan fingerprint density at radius 3 is 2.70 bits per heavy atom. The summed E-state index contributed by atoms with van der Waals surface area (Å²) in [4.78, 5) is 27.9. The van der Waals surface area contributed by atoms with Crippen molar-refractivity contribution in [2.24, 2.45) is 5.92 Å². The molecule has 2 aromatic rings. The summed E-state index contributed by atoms with van der Waals surface area (Å²) >= 11 is 0. The lowest BCUT2D eigenvalue weighted by atomic mass is 9.85. The van der Waals surface area contributed by atoms with Crippen LogP contribution in [-0.2, 0) is 6.54 Å². The number of nitrogens with one attached hydrogen (secondary N) is 1. The van der Waals surface area contributed by atoms with E-state index in [2.05, 4.69) is 31.0 Å². The predicted molar refractivity (Wildman–Crippen MR) is 104 cm³/mol. The molecule has 144 valence electrons. The van der Waals surface area contributed by atoms with E-state index >= 15 is 0 Å². The molecule has 1 atom stereocenters. The molecule has 1 unspecified atom stereocenters. The van der Waals surface area contributed by atoms with E-state index < -0.39 is 0 Å². The Balaban J connectivity index is 1.43. The van der Waals surface area contributed by atoms with Crippen LogP contribution in [-0.4, -0.2) is 50.0 Å². The fraction of sp³-hybridized carbons (Fsp3) is 0.600. The van der Waals surface area contributed by atoms with Gasteiger partial charge >= 0.3 is 0 Å². The average Bonchev–Trinajstić information content (AvgIpc) is 3.13. The molecule has 0 aromatic carbocycles. The summed E-state index contributed by atoms with van der Waals surface area (Å²) in [6.07, 6.45) is 13.3. The first-order valence-corrected chi connectivity index (χ1v) is 10.1. The molecule has 0 spiro atoms. The number of imidazole rings is 1. The van der Waals surface area contributed by atoms with Gasteiger partial charge in [0, 0.05) is 56.9 Å². The van der Waals surface area contributed by atoms with Crippen LogP contribution in [0.4, 0.5) is 5.95 Å². The topological polar surface area (TPSA) is 75.9 Å². The first-order chi connectivity index (χ1) is 13.2. The number of carbonyl (C=O) groups excluding carboxylic acids is 1. The third kappa shape index (κ3) is 3.96. The van der Waals surface area contributed by atoms with Crippen molar-refractivity contribution in [1.82, 2.24) is 24.4 Å². The monoisotopic (exact) mass is 368 g/mol. The Bertz CT molecular complexity index is 767. The van der Waals surface area contributed by atoms with E-state index in [9.17, 15) is 4.79 Å². The predicted octanol–water partition coefficient (Wildman–Crippen LogP) is 2.92. The molecule has 7 heteroatoms. The first kappa shape index (κ1) is 17.9.